The topological polar surface area (TPSA) is 46.9 Å². The van der Waals surface area contributed by atoms with Crippen LogP contribution in [-0.4, -0.2) is 15.7 Å². The standard InChI is InChI=1S/C18H15BrFN3O/c1-11-3-6-14(7-4-11)23-17(9-12(2)22-23)21-18(24)15-10-13(20)5-8-16(15)19/h3-10H,1-2H3,(H,21,24). The molecule has 0 unspecified atom stereocenters. The monoisotopic (exact) mass is 387 g/mol. The Morgan fingerprint density at radius 2 is 1.83 bits per heavy atom. The fraction of sp³-hybridized carbons (Fsp3) is 0.111. The summed E-state index contributed by atoms with van der Waals surface area (Å²) in [6, 6.07) is 13.6. The van der Waals surface area contributed by atoms with Crippen molar-refractivity contribution in [1.29, 1.82) is 0 Å². The molecule has 1 amide bonds. The zero-order chi connectivity index (χ0) is 17.3. The molecule has 3 aromatic rings. The minimum absolute atomic E-state index is 0.226. The van der Waals surface area contributed by atoms with Crippen LogP contribution in [0.1, 0.15) is 21.6 Å². The number of aryl methyl sites for hydroxylation is 2. The van der Waals surface area contributed by atoms with Crippen LogP contribution in [0.3, 0.4) is 0 Å². The number of carbonyl (C=O) groups excluding carboxylic acids is 1. The molecule has 1 heterocycles. The number of nitrogens with one attached hydrogen (secondary N) is 1. The smallest absolute Gasteiger partial charge is 0.258 e. The summed E-state index contributed by atoms with van der Waals surface area (Å²) >= 11 is 3.27. The molecule has 0 bridgehead atoms. The Morgan fingerprint density at radius 1 is 1.12 bits per heavy atom. The van der Waals surface area contributed by atoms with E-state index < -0.39 is 11.7 Å². The molecule has 0 saturated heterocycles. The molecular formula is C18H15BrFN3O. The lowest BCUT2D eigenvalue weighted by molar-refractivity contribution is 0.102. The Balaban J connectivity index is 1.94. The van der Waals surface area contributed by atoms with E-state index in [9.17, 15) is 9.18 Å². The van der Waals surface area contributed by atoms with Crippen molar-refractivity contribution in [3.8, 4) is 5.69 Å². The Kier molecular flexibility index (Phi) is 4.49. The molecule has 0 saturated carbocycles. The average molecular weight is 388 g/mol. The van der Waals surface area contributed by atoms with Gasteiger partial charge in [-0.05, 0) is 60.1 Å². The van der Waals surface area contributed by atoms with Crippen LogP contribution in [0.2, 0.25) is 0 Å². The number of anilines is 1. The highest BCUT2D eigenvalue weighted by molar-refractivity contribution is 9.10. The first-order valence-electron chi connectivity index (χ1n) is 7.34. The maximum absolute atomic E-state index is 13.4. The highest BCUT2D eigenvalue weighted by atomic mass is 79.9. The number of aromatic nitrogens is 2. The summed E-state index contributed by atoms with van der Waals surface area (Å²) < 4.78 is 15.6. The highest BCUT2D eigenvalue weighted by Crippen LogP contribution is 2.22. The van der Waals surface area contributed by atoms with Crippen molar-refractivity contribution in [1.82, 2.24) is 9.78 Å². The zero-order valence-corrected chi connectivity index (χ0v) is 14.8. The van der Waals surface area contributed by atoms with Crippen molar-refractivity contribution < 1.29 is 9.18 Å². The van der Waals surface area contributed by atoms with Gasteiger partial charge in [0.05, 0.1) is 16.9 Å². The quantitative estimate of drug-likeness (QED) is 0.711. The van der Waals surface area contributed by atoms with Crippen molar-refractivity contribution in [3.63, 3.8) is 0 Å². The molecule has 0 aliphatic rings. The van der Waals surface area contributed by atoms with Gasteiger partial charge in [0.15, 0.2) is 0 Å². The van der Waals surface area contributed by atoms with Crippen molar-refractivity contribution in [2.45, 2.75) is 13.8 Å². The van der Waals surface area contributed by atoms with Crippen LogP contribution in [0.4, 0.5) is 10.2 Å². The van der Waals surface area contributed by atoms with Gasteiger partial charge in [-0.25, -0.2) is 9.07 Å². The molecule has 1 aromatic heterocycles. The highest BCUT2D eigenvalue weighted by Gasteiger charge is 2.15. The third-order valence-electron chi connectivity index (χ3n) is 3.52. The summed E-state index contributed by atoms with van der Waals surface area (Å²) in [7, 11) is 0. The minimum Gasteiger partial charge on any atom is -0.306 e. The molecule has 3 rings (SSSR count). The van der Waals surface area contributed by atoms with Gasteiger partial charge in [-0.2, -0.15) is 5.10 Å². The molecule has 24 heavy (non-hydrogen) atoms. The van der Waals surface area contributed by atoms with Crippen LogP contribution in [0.25, 0.3) is 5.69 Å². The van der Waals surface area contributed by atoms with Crippen LogP contribution >= 0.6 is 15.9 Å². The first-order valence-corrected chi connectivity index (χ1v) is 8.13. The molecule has 1 N–H and O–H groups in total. The number of hydrogen-bond acceptors (Lipinski definition) is 2. The fourth-order valence-electron chi connectivity index (χ4n) is 2.33. The molecule has 2 aromatic carbocycles. The van der Waals surface area contributed by atoms with Crippen molar-refractivity contribution in [2.24, 2.45) is 0 Å². The second-order valence-electron chi connectivity index (χ2n) is 5.50. The summed E-state index contributed by atoms with van der Waals surface area (Å²) in [5, 5.41) is 7.21. The fourth-order valence-corrected chi connectivity index (χ4v) is 2.75. The van der Waals surface area contributed by atoms with E-state index in [1.165, 1.54) is 18.2 Å². The van der Waals surface area contributed by atoms with Gasteiger partial charge in [0.2, 0.25) is 0 Å². The van der Waals surface area contributed by atoms with Gasteiger partial charge in [-0.15, -0.1) is 0 Å². The molecule has 0 spiro atoms. The van der Waals surface area contributed by atoms with E-state index in [2.05, 4.69) is 26.3 Å². The summed E-state index contributed by atoms with van der Waals surface area (Å²) in [5.74, 6) is -0.348. The lowest BCUT2D eigenvalue weighted by Crippen LogP contribution is -2.16. The Bertz CT molecular complexity index is 903. The molecule has 0 atom stereocenters. The van der Waals surface area contributed by atoms with Crippen LogP contribution in [0.15, 0.2) is 53.0 Å². The average Bonchev–Trinajstić information content (AvgIpc) is 2.91. The number of halogens is 2. The van der Waals surface area contributed by atoms with Gasteiger partial charge in [0, 0.05) is 10.5 Å². The van der Waals surface area contributed by atoms with Gasteiger partial charge in [-0.1, -0.05) is 17.7 Å². The van der Waals surface area contributed by atoms with E-state index in [-0.39, 0.29) is 5.56 Å². The number of nitrogens with zero attached hydrogens (tertiary/aromatic N) is 2. The SMILES string of the molecule is Cc1ccc(-n2nc(C)cc2NC(=O)c2cc(F)ccc2Br)cc1. The van der Waals surface area contributed by atoms with Crippen molar-refractivity contribution in [3.05, 3.63) is 75.6 Å². The lowest BCUT2D eigenvalue weighted by atomic mass is 10.2. The zero-order valence-electron chi connectivity index (χ0n) is 13.2. The number of hydrogen-bond donors (Lipinski definition) is 1. The van der Waals surface area contributed by atoms with E-state index >= 15 is 0 Å². The minimum atomic E-state index is -0.466. The van der Waals surface area contributed by atoms with Gasteiger partial charge < -0.3 is 5.32 Å². The summed E-state index contributed by atoms with van der Waals surface area (Å²) in [6.07, 6.45) is 0. The summed E-state index contributed by atoms with van der Waals surface area (Å²) in [4.78, 5) is 12.5. The van der Waals surface area contributed by atoms with E-state index in [0.717, 1.165) is 16.9 Å². The van der Waals surface area contributed by atoms with E-state index in [1.54, 1.807) is 10.7 Å². The molecular weight excluding hydrogens is 373 g/mol. The van der Waals surface area contributed by atoms with Crippen LogP contribution < -0.4 is 5.32 Å². The molecule has 0 aliphatic heterocycles. The Morgan fingerprint density at radius 3 is 2.54 bits per heavy atom. The summed E-state index contributed by atoms with van der Waals surface area (Å²) in [5.41, 5.74) is 2.97. The Hall–Kier alpha value is -2.47. The second-order valence-corrected chi connectivity index (χ2v) is 6.35. The maximum Gasteiger partial charge on any atom is 0.258 e. The van der Waals surface area contributed by atoms with Crippen LogP contribution in [0.5, 0.6) is 0 Å². The third-order valence-corrected chi connectivity index (χ3v) is 4.22. The first kappa shape index (κ1) is 16.4. The third kappa shape index (κ3) is 3.38. The molecule has 4 nitrogen and oxygen atoms in total. The van der Waals surface area contributed by atoms with E-state index in [0.29, 0.717) is 10.3 Å². The molecule has 0 radical (unpaired) electrons. The second kappa shape index (κ2) is 6.57. The van der Waals surface area contributed by atoms with E-state index in [4.69, 9.17) is 0 Å². The van der Waals surface area contributed by atoms with Crippen molar-refractivity contribution in [2.75, 3.05) is 5.32 Å². The number of benzene rings is 2. The lowest BCUT2D eigenvalue weighted by Gasteiger charge is -2.10. The van der Waals surface area contributed by atoms with Gasteiger partial charge in [0.1, 0.15) is 11.6 Å². The number of rotatable bonds is 3. The molecule has 0 fully saturated rings. The van der Waals surface area contributed by atoms with Crippen molar-refractivity contribution >= 4 is 27.7 Å². The number of amides is 1. The predicted octanol–water partition coefficient (Wildman–Crippen LogP) is 4.64. The first-order chi connectivity index (χ1) is 11.4. The molecule has 6 heteroatoms. The largest absolute Gasteiger partial charge is 0.306 e. The van der Waals surface area contributed by atoms with Gasteiger partial charge in [0.25, 0.3) is 5.91 Å². The Labute approximate surface area is 147 Å². The maximum atomic E-state index is 13.4. The molecule has 0 aliphatic carbocycles. The summed E-state index contributed by atoms with van der Waals surface area (Å²) in [6.45, 7) is 3.85. The van der Waals surface area contributed by atoms with Crippen LogP contribution in [-0.2, 0) is 0 Å². The van der Waals surface area contributed by atoms with Crippen LogP contribution in [0, 0.1) is 19.7 Å². The van der Waals surface area contributed by atoms with Gasteiger partial charge >= 0.3 is 0 Å². The molecule has 122 valence electrons. The normalized spacial score (nSPS) is 10.7. The predicted molar refractivity (Wildman–Crippen MR) is 95.1 cm³/mol. The van der Waals surface area contributed by atoms with E-state index in [1.807, 2.05) is 38.1 Å². The van der Waals surface area contributed by atoms with Gasteiger partial charge in [-0.3, -0.25) is 4.79 Å². The number of carbonyl (C=O) groups is 1.